The molecule has 1 saturated heterocycles. The maximum absolute atomic E-state index is 12.8. The van der Waals surface area contributed by atoms with Gasteiger partial charge in [0.05, 0.1) is 31.7 Å². The van der Waals surface area contributed by atoms with Gasteiger partial charge in [-0.3, -0.25) is 9.59 Å². The molecule has 2 amide bonds. The number of methoxy groups -OCH3 is 2. The van der Waals surface area contributed by atoms with Crippen LogP contribution in [0.3, 0.4) is 0 Å². The summed E-state index contributed by atoms with van der Waals surface area (Å²) in [4.78, 5) is 26.9. The van der Waals surface area contributed by atoms with Crippen molar-refractivity contribution in [2.45, 2.75) is 26.7 Å². The van der Waals surface area contributed by atoms with Gasteiger partial charge >= 0.3 is 0 Å². The third-order valence-electron chi connectivity index (χ3n) is 4.97. The number of allylic oxidation sites excluding steroid dienone is 2. The minimum Gasteiger partial charge on any atom is -0.497 e. The highest BCUT2D eigenvalue weighted by Gasteiger charge is 2.50. The number of rotatable bonds is 3. The quantitative estimate of drug-likeness (QED) is 0.636. The summed E-state index contributed by atoms with van der Waals surface area (Å²) in [5.41, 5.74) is 2.93. The average Bonchev–Trinajstić information content (AvgIpc) is 2.78. The highest BCUT2D eigenvalue weighted by atomic mass is 16.5. The largest absolute Gasteiger partial charge is 0.497 e. The number of anilines is 1. The fraction of sp³-hybridized carbons (Fsp3) is 0.444. The van der Waals surface area contributed by atoms with Crippen LogP contribution in [-0.2, 0) is 9.59 Å². The number of carbonyl (C=O) groups is 2. The van der Waals surface area contributed by atoms with Crippen LogP contribution in [0.15, 0.2) is 29.3 Å². The van der Waals surface area contributed by atoms with E-state index in [1.165, 1.54) is 23.2 Å². The van der Waals surface area contributed by atoms with Gasteiger partial charge in [0.15, 0.2) is 0 Å². The molecule has 0 saturated carbocycles. The monoisotopic (exact) mass is 315 g/mol. The summed E-state index contributed by atoms with van der Waals surface area (Å²) in [6.45, 7) is 4.08. The Balaban J connectivity index is 2.00. The Morgan fingerprint density at radius 1 is 0.957 bits per heavy atom. The molecule has 5 heteroatoms. The average molecular weight is 315 g/mol. The van der Waals surface area contributed by atoms with Crippen molar-refractivity contribution in [3.8, 4) is 11.5 Å². The molecule has 2 atom stereocenters. The second-order valence-electron chi connectivity index (χ2n) is 6.23. The molecule has 0 spiro atoms. The molecular formula is C18H21NO4. The van der Waals surface area contributed by atoms with E-state index in [4.69, 9.17) is 9.47 Å². The standard InChI is InChI=1S/C18H21NO4/c1-10-7-13-14(8-11(10)2)18(21)19(17(13)20)15-6-5-12(22-3)9-16(15)23-4/h5-6,9,13-14H,7-8H2,1-4H3/t13-,14+. The van der Waals surface area contributed by atoms with E-state index in [0.717, 1.165) is 0 Å². The molecule has 1 aromatic rings. The minimum atomic E-state index is -0.252. The molecular weight excluding hydrogens is 294 g/mol. The Kier molecular flexibility index (Phi) is 3.88. The summed E-state index contributed by atoms with van der Waals surface area (Å²) in [5.74, 6) is 0.322. The molecule has 0 radical (unpaired) electrons. The Bertz CT molecular complexity index is 675. The van der Waals surface area contributed by atoms with Crippen LogP contribution in [0.5, 0.6) is 11.5 Å². The van der Waals surface area contributed by atoms with Gasteiger partial charge in [-0.2, -0.15) is 0 Å². The molecule has 1 aromatic carbocycles. The minimum absolute atomic E-state index is 0.129. The number of benzene rings is 1. The van der Waals surface area contributed by atoms with Crippen molar-refractivity contribution in [1.82, 2.24) is 0 Å². The number of ether oxygens (including phenoxy) is 2. The van der Waals surface area contributed by atoms with Crippen molar-refractivity contribution in [2.75, 3.05) is 19.1 Å². The van der Waals surface area contributed by atoms with Gasteiger partial charge in [0.2, 0.25) is 11.8 Å². The van der Waals surface area contributed by atoms with E-state index in [1.807, 2.05) is 13.8 Å². The molecule has 1 aliphatic carbocycles. The van der Waals surface area contributed by atoms with Gasteiger partial charge < -0.3 is 9.47 Å². The summed E-state index contributed by atoms with van der Waals surface area (Å²) >= 11 is 0. The second kappa shape index (κ2) is 5.72. The smallest absolute Gasteiger partial charge is 0.238 e. The summed E-state index contributed by atoms with van der Waals surface area (Å²) in [6.07, 6.45) is 1.33. The predicted molar refractivity (Wildman–Crippen MR) is 86.6 cm³/mol. The number of fused-ring (bicyclic) bond motifs is 1. The Labute approximate surface area is 135 Å². The van der Waals surface area contributed by atoms with Crippen LogP contribution in [0.2, 0.25) is 0 Å². The lowest BCUT2D eigenvalue weighted by Crippen LogP contribution is -2.31. The van der Waals surface area contributed by atoms with Gasteiger partial charge in [0, 0.05) is 6.07 Å². The van der Waals surface area contributed by atoms with Gasteiger partial charge in [-0.05, 0) is 38.8 Å². The van der Waals surface area contributed by atoms with Gasteiger partial charge in [-0.1, -0.05) is 11.1 Å². The molecule has 1 heterocycles. The molecule has 0 N–H and O–H groups in total. The van der Waals surface area contributed by atoms with E-state index >= 15 is 0 Å². The first-order valence-corrected chi connectivity index (χ1v) is 7.73. The number of hydrogen-bond acceptors (Lipinski definition) is 4. The van der Waals surface area contributed by atoms with Crippen LogP contribution >= 0.6 is 0 Å². The van der Waals surface area contributed by atoms with E-state index in [0.29, 0.717) is 30.0 Å². The molecule has 122 valence electrons. The van der Waals surface area contributed by atoms with Gasteiger partial charge in [-0.25, -0.2) is 4.90 Å². The zero-order valence-corrected chi connectivity index (χ0v) is 13.9. The molecule has 23 heavy (non-hydrogen) atoms. The first kappa shape index (κ1) is 15.6. The molecule has 2 aliphatic rings. The third-order valence-corrected chi connectivity index (χ3v) is 4.97. The third kappa shape index (κ3) is 2.40. The lowest BCUT2D eigenvalue weighted by Gasteiger charge is -2.23. The fourth-order valence-corrected chi connectivity index (χ4v) is 3.46. The summed E-state index contributed by atoms with van der Waals surface area (Å²) in [5, 5.41) is 0. The number of hydrogen-bond donors (Lipinski definition) is 0. The van der Waals surface area contributed by atoms with Gasteiger partial charge in [0.1, 0.15) is 11.5 Å². The Hall–Kier alpha value is -2.30. The maximum Gasteiger partial charge on any atom is 0.238 e. The van der Waals surface area contributed by atoms with Crippen LogP contribution < -0.4 is 14.4 Å². The van der Waals surface area contributed by atoms with Crippen molar-refractivity contribution in [1.29, 1.82) is 0 Å². The lowest BCUT2D eigenvalue weighted by molar-refractivity contribution is -0.122. The van der Waals surface area contributed by atoms with Crippen molar-refractivity contribution < 1.29 is 19.1 Å². The molecule has 5 nitrogen and oxygen atoms in total. The molecule has 3 rings (SSSR count). The maximum atomic E-state index is 12.8. The Morgan fingerprint density at radius 2 is 1.52 bits per heavy atom. The number of imide groups is 1. The first-order chi connectivity index (χ1) is 11.0. The number of carbonyl (C=O) groups excluding carboxylic acids is 2. The van der Waals surface area contributed by atoms with E-state index in [2.05, 4.69) is 0 Å². The van der Waals surface area contributed by atoms with Crippen molar-refractivity contribution in [2.24, 2.45) is 11.8 Å². The predicted octanol–water partition coefficient (Wildman–Crippen LogP) is 2.94. The zero-order chi connectivity index (χ0) is 16.7. The fourth-order valence-electron chi connectivity index (χ4n) is 3.46. The van der Waals surface area contributed by atoms with Crippen molar-refractivity contribution in [3.05, 3.63) is 29.3 Å². The highest BCUT2D eigenvalue weighted by molar-refractivity contribution is 6.23. The zero-order valence-electron chi connectivity index (χ0n) is 13.9. The normalized spacial score (nSPS) is 24.1. The highest BCUT2D eigenvalue weighted by Crippen LogP contribution is 2.44. The van der Waals surface area contributed by atoms with Gasteiger partial charge in [-0.15, -0.1) is 0 Å². The van der Waals surface area contributed by atoms with E-state index in [-0.39, 0.29) is 23.7 Å². The van der Waals surface area contributed by atoms with E-state index < -0.39 is 0 Å². The number of nitrogens with zero attached hydrogens (tertiary/aromatic N) is 1. The second-order valence-corrected chi connectivity index (χ2v) is 6.23. The molecule has 1 fully saturated rings. The van der Waals surface area contributed by atoms with Crippen LogP contribution in [0.4, 0.5) is 5.69 Å². The number of amides is 2. The summed E-state index contributed by atoms with van der Waals surface area (Å²) in [7, 11) is 3.08. The first-order valence-electron chi connectivity index (χ1n) is 7.73. The Morgan fingerprint density at radius 3 is 2.00 bits per heavy atom. The molecule has 0 unspecified atom stereocenters. The SMILES string of the molecule is COc1ccc(N2C(=O)[C@H]3CC(C)=C(C)C[C@H]3C2=O)c(OC)c1. The van der Waals surface area contributed by atoms with Crippen LogP contribution in [-0.4, -0.2) is 26.0 Å². The molecule has 0 aromatic heterocycles. The molecule has 1 aliphatic heterocycles. The van der Waals surface area contributed by atoms with Crippen LogP contribution in [0.1, 0.15) is 26.7 Å². The van der Waals surface area contributed by atoms with Crippen LogP contribution in [0, 0.1) is 11.8 Å². The summed E-state index contributed by atoms with van der Waals surface area (Å²) < 4.78 is 10.5. The topological polar surface area (TPSA) is 55.8 Å². The molecule has 0 bridgehead atoms. The van der Waals surface area contributed by atoms with Crippen LogP contribution in [0.25, 0.3) is 0 Å². The van der Waals surface area contributed by atoms with E-state index in [9.17, 15) is 9.59 Å². The van der Waals surface area contributed by atoms with Gasteiger partial charge in [0.25, 0.3) is 0 Å². The lowest BCUT2D eigenvalue weighted by atomic mass is 9.78. The van der Waals surface area contributed by atoms with Crippen molar-refractivity contribution >= 4 is 17.5 Å². The summed E-state index contributed by atoms with van der Waals surface area (Å²) in [6, 6.07) is 5.12. The van der Waals surface area contributed by atoms with E-state index in [1.54, 1.807) is 25.3 Å². The van der Waals surface area contributed by atoms with Crippen molar-refractivity contribution in [3.63, 3.8) is 0 Å².